The Morgan fingerprint density at radius 3 is 2.63 bits per heavy atom. The lowest BCUT2D eigenvalue weighted by Gasteiger charge is -2.32. The highest BCUT2D eigenvalue weighted by Crippen LogP contribution is 2.32. The summed E-state index contributed by atoms with van der Waals surface area (Å²) in [6.07, 6.45) is 0.817. The van der Waals surface area contributed by atoms with Crippen molar-refractivity contribution < 1.29 is 4.79 Å². The van der Waals surface area contributed by atoms with Gasteiger partial charge < -0.3 is 4.90 Å². The normalized spacial score (nSPS) is 17.9. The van der Waals surface area contributed by atoms with Crippen LogP contribution in [0, 0.1) is 11.3 Å². The van der Waals surface area contributed by atoms with Gasteiger partial charge in [0.2, 0.25) is 5.91 Å². The maximum absolute atomic E-state index is 11.6. The van der Waals surface area contributed by atoms with Crippen LogP contribution in [-0.2, 0) is 11.2 Å². The molecular formula is C16H14N2O. The highest BCUT2D eigenvalue weighted by molar-refractivity contribution is 5.85. The summed E-state index contributed by atoms with van der Waals surface area (Å²) < 4.78 is 0. The molecule has 1 unspecified atom stereocenters. The Morgan fingerprint density at radius 1 is 1.32 bits per heavy atom. The van der Waals surface area contributed by atoms with Gasteiger partial charge in [-0.25, -0.2) is 0 Å². The van der Waals surface area contributed by atoms with Gasteiger partial charge in [-0.3, -0.25) is 4.79 Å². The first-order valence-electron chi connectivity index (χ1n) is 6.39. The number of hydrogen-bond donors (Lipinski definition) is 0. The number of benzene rings is 2. The van der Waals surface area contributed by atoms with Gasteiger partial charge in [-0.15, -0.1) is 0 Å². The van der Waals surface area contributed by atoms with Crippen LogP contribution >= 0.6 is 0 Å². The van der Waals surface area contributed by atoms with Crippen LogP contribution in [0.1, 0.15) is 24.1 Å². The van der Waals surface area contributed by atoms with Crippen LogP contribution in [0.2, 0.25) is 0 Å². The largest absolute Gasteiger partial charge is 0.323 e. The van der Waals surface area contributed by atoms with E-state index in [0.29, 0.717) is 6.54 Å². The molecule has 2 aromatic carbocycles. The molecule has 0 spiro atoms. The second kappa shape index (κ2) is 4.40. The summed E-state index contributed by atoms with van der Waals surface area (Å²) in [5.41, 5.74) is 2.16. The van der Waals surface area contributed by atoms with Crippen LogP contribution in [-0.4, -0.2) is 17.4 Å². The van der Waals surface area contributed by atoms with Crippen LogP contribution in [0.15, 0.2) is 36.4 Å². The molecule has 3 rings (SSSR count). The molecule has 0 fully saturated rings. The molecule has 1 amide bonds. The average molecular weight is 250 g/mol. The summed E-state index contributed by atoms with van der Waals surface area (Å²) in [4.78, 5) is 13.3. The fourth-order valence-corrected chi connectivity index (χ4v) is 2.79. The number of carbonyl (C=O) groups excluding carboxylic acids is 1. The minimum atomic E-state index is -0.453. The number of rotatable bonds is 0. The predicted molar refractivity (Wildman–Crippen MR) is 73.4 cm³/mol. The molecule has 1 aliphatic rings. The molecule has 0 radical (unpaired) electrons. The predicted octanol–water partition coefficient (Wildman–Crippen LogP) is 2.81. The number of fused-ring (bicyclic) bond motifs is 2. The first-order valence-corrected chi connectivity index (χ1v) is 6.39. The Labute approximate surface area is 112 Å². The zero-order chi connectivity index (χ0) is 13.4. The second-order valence-corrected chi connectivity index (χ2v) is 4.89. The van der Waals surface area contributed by atoms with Gasteiger partial charge in [-0.05, 0) is 34.4 Å². The molecule has 1 aliphatic heterocycles. The van der Waals surface area contributed by atoms with Gasteiger partial charge in [0.05, 0.1) is 6.07 Å². The molecule has 0 aromatic heterocycles. The highest BCUT2D eigenvalue weighted by atomic mass is 16.2. The lowest BCUT2D eigenvalue weighted by atomic mass is 9.90. The first-order chi connectivity index (χ1) is 9.20. The maximum Gasteiger partial charge on any atom is 0.220 e. The highest BCUT2D eigenvalue weighted by Gasteiger charge is 2.29. The number of amides is 1. The molecule has 0 saturated carbocycles. The SMILES string of the molecule is CC(=O)N1CCc2cc3ccccc3cc2C1C#N. The van der Waals surface area contributed by atoms with Crippen molar-refractivity contribution in [3.63, 3.8) is 0 Å². The van der Waals surface area contributed by atoms with Gasteiger partial charge in [0.15, 0.2) is 0 Å². The lowest BCUT2D eigenvalue weighted by molar-refractivity contribution is -0.130. The quantitative estimate of drug-likeness (QED) is 0.721. The molecule has 3 nitrogen and oxygen atoms in total. The van der Waals surface area contributed by atoms with Crippen molar-refractivity contribution >= 4 is 16.7 Å². The Hall–Kier alpha value is -2.34. The third-order valence-corrected chi connectivity index (χ3v) is 3.76. The molecular weight excluding hydrogens is 236 g/mol. The van der Waals surface area contributed by atoms with E-state index in [0.717, 1.165) is 17.4 Å². The van der Waals surface area contributed by atoms with E-state index in [1.807, 2.05) is 24.3 Å². The zero-order valence-electron chi connectivity index (χ0n) is 10.8. The molecule has 0 bridgehead atoms. The van der Waals surface area contributed by atoms with Gasteiger partial charge in [-0.2, -0.15) is 5.26 Å². The fraction of sp³-hybridized carbons (Fsp3) is 0.250. The molecule has 19 heavy (non-hydrogen) atoms. The number of hydrogen-bond acceptors (Lipinski definition) is 2. The van der Waals surface area contributed by atoms with Crippen LogP contribution in [0.5, 0.6) is 0 Å². The van der Waals surface area contributed by atoms with Crippen LogP contribution < -0.4 is 0 Å². The first kappa shape index (κ1) is 11.7. The molecule has 2 aromatic rings. The van der Waals surface area contributed by atoms with E-state index < -0.39 is 6.04 Å². The third-order valence-electron chi connectivity index (χ3n) is 3.76. The molecule has 94 valence electrons. The van der Waals surface area contributed by atoms with E-state index in [1.165, 1.54) is 17.9 Å². The van der Waals surface area contributed by atoms with E-state index in [2.05, 4.69) is 18.2 Å². The summed E-state index contributed by atoms with van der Waals surface area (Å²) in [5.74, 6) is -0.0367. The van der Waals surface area contributed by atoms with E-state index in [1.54, 1.807) is 4.90 Å². The van der Waals surface area contributed by atoms with Gasteiger partial charge in [0, 0.05) is 13.5 Å². The Balaban J connectivity index is 2.19. The minimum Gasteiger partial charge on any atom is -0.323 e. The number of nitriles is 1. The smallest absolute Gasteiger partial charge is 0.220 e. The van der Waals surface area contributed by atoms with Crippen molar-refractivity contribution in [1.82, 2.24) is 4.90 Å². The van der Waals surface area contributed by atoms with E-state index in [9.17, 15) is 10.1 Å². The summed E-state index contributed by atoms with van der Waals surface area (Å²) in [7, 11) is 0. The topological polar surface area (TPSA) is 44.1 Å². The number of nitrogens with zero attached hydrogens (tertiary/aromatic N) is 2. The average Bonchev–Trinajstić information content (AvgIpc) is 2.43. The molecule has 1 heterocycles. The molecule has 0 saturated heterocycles. The Kier molecular flexibility index (Phi) is 2.72. The lowest BCUT2D eigenvalue weighted by Crippen LogP contribution is -2.38. The number of carbonyl (C=O) groups is 1. The summed E-state index contributed by atoms with van der Waals surface area (Å²) >= 11 is 0. The van der Waals surface area contributed by atoms with Crippen molar-refractivity contribution in [3.8, 4) is 6.07 Å². The fourth-order valence-electron chi connectivity index (χ4n) is 2.79. The summed E-state index contributed by atoms with van der Waals surface area (Å²) in [6.45, 7) is 2.15. The van der Waals surface area contributed by atoms with E-state index in [4.69, 9.17) is 0 Å². The van der Waals surface area contributed by atoms with Gasteiger partial charge in [-0.1, -0.05) is 30.3 Å². The van der Waals surface area contributed by atoms with E-state index >= 15 is 0 Å². The molecule has 0 N–H and O–H groups in total. The van der Waals surface area contributed by atoms with Crippen molar-refractivity contribution in [2.24, 2.45) is 0 Å². The van der Waals surface area contributed by atoms with Crippen LogP contribution in [0.25, 0.3) is 10.8 Å². The Bertz CT molecular complexity index is 699. The second-order valence-electron chi connectivity index (χ2n) is 4.89. The summed E-state index contributed by atoms with van der Waals surface area (Å²) in [6, 6.07) is 14.1. The van der Waals surface area contributed by atoms with Crippen molar-refractivity contribution in [2.45, 2.75) is 19.4 Å². The molecule has 1 atom stereocenters. The van der Waals surface area contributed by atoms with Crippen LogP contribution in [0.4, 0.5) is 0 Å². The van der Waals surface area contributed by atoms with Crippen molar-refractivity contribution in [1.29, 1.82) is 5.26 Å². The van der Waals surface area contributed by atoms with Gasteiger partial charge >= 0.3 is 0 Å². The molecule has 3 heteroatoms. The van der Waals surface area contributed by atoms with E-state index in [-0.39, 0.29) is 5.91 Å². The molecule has 0 aliphatic carbocycles. The standard InChI is InChI=1S/C16H14N2O/c1-11(19)18-7-6-14-8-12-4-2-3-5-13(12)9-15(14)16(18)10-17/h2-5,8-9,16H,6-7H2,1H3. The summed E-state index contributed by atoms with van der Waals surface area (Å²) in [5, 5.41) is 11.7. The Morgan fingerprint density at radius 2 is 2.00 bits per heavy atom. The zero-order valence-corrected chi connectivity index (χ0v) is 10.8. The van der Waals surface area contributed by atoms with Gasteiger partial charge in [0.25, 0.3) is 0 Å². The van der Waals surface area contributed by atoms with Crippen molar-refractivity contribution in [2.75, 3.05) is 6.54 Å². The van der Waals surface area contributed by atoms with Crippen LogP contribution in [0.3, 0.4) is 0 Å². The van der Waals surface area contributed by atoms with Gasteiger partial charge in [0.1, 0.15) is 6.04 Å². The third kappa shape index (κ3) is 1.86. The monoisotopic (exact) mass is 250 g/mol. The van der Waals surface area contributed by atoms with Crippen molar-refractivity contribution in [3.05, 3.63) is 47.5 Å². The maximum atomic E-state index is 11.6. The minimum absolute atomic E-state index is 0.0367.